The quantitative estimate of drug-likeness (QED) is 0.725. The van der Waals surface area contributed by atoms with E-state index in [1.165, 1.54) is 0 Å². The second kappa shape index (κ2) is 7.31. The van der Waals surface area contributed by atoms with Crippen molar-refractivity contribution in [3.8, 4) is 5.75 Å². The number of carbonyl (C=O) groups is 2. The van der Waals surface area contributed by atoms with Crippen LogP contribution in [-0.2, 0) is 18.3 Å². The van der Waals surface area contributed by atoms with Gasteiger partial charge in [0.25, 0.3) is 5.91 Å². The number of ether oxygens (including phenoxy) is 1. The van der Waals surface area contributed by atoms with Crippen molar-refractivity contribution in [1.82, 2.24) is 9.88 Å². The standard InChI is InChI=1S/C20H20N2O4/c1-22-17-9-8-15(26-2)11-14(17)12-18(22)19(23)21-16(20(24)25)10-13-6-4-3-5-7-13/h3-9,11-12,16H,10H2,1-2H3,(H,21,23)(H,24,25)/p-1/t16-/m0/s1. The lowest BCUT2D eigenvalue weighted by Gasteiger charge is -2.20. The van der Waals surface area contributed by atoms with Crippen molar-refractivity contribution in [2.24, 2.45) is 7.05 Å². The predicted octanol–water partition coefficient (Wildman–Crippen LogP) is 1.28. The number of rotatable bonds is 6. The molecule has 1 heterocycles. The Morgan fingerprint density at radius 2 is 1.88 bits per heavy atom. The number of carboxylic acid groups (broad SMARTS) is 1. The highest BCUT2D eigenvalue weighted by molar-refractivity contribution is 6.00. The lowest BCUT2D eigenvalue weighted by atomic mass is 10.1. The average molecular weight is 351 g/mol. The summed E-state index contributed by atoms with van der Waals surface area (Å²) in [5.74, 6) is -1.10. The van der Waals surface area contributed by atoms with E-state index in [9.17, 15) is 14.7 Å². The Morgan fingerprint density at radius 1 is 1.15 bits per heavy atom. The Labute approximate surface area is 151 Å². The number of benzene rings is 2. The minimum absolute atomic E-state index is 0.159. The SMILES string of the molecule is COc1ccc2c(c1)cc(C(=O)N[C@@H](Cc1ccccc1)C(=O)[O-])n2C. The van der Waals surface area contributed by atoms with Crippen LogP contribution < -0.4 is 15.2 Å². The van der Waals surface area contributed by atoms with E-state index in [0.29, 0.717) is 11.4 Å². The Kier molecular flexibility index (Phi) is 4.93. The van der Waals surface area contributed by atoms with Crippen molar-refractivity contribution in [1.29, 1.82) is 0 Å². The van der Waals surface area contributed by atoms with E-state index in [0.717, 1.165) is 16.5 Å². The molecule has 1 amide bonds. The Balaban J connectivity index is 1.84. The molecular formula is C20H19N2O4-. The first-order chi connectivity index (χ1) is 12.5. The van der Waals surface area contributed by atoms with Gasteiger partial charge in [0.1, 0.15) is 11.4 Å². The summed E-state index contributed by atoms with van der Waals surface area (Å²) in [4.78, 5) is 24.1. The second-order valence-electron chi connectivity index (χ2n) is 6.05. The summed E-state index contributed by atoms with van der Waals surface area (Å²) in [5.41, 5.74) is 2.03. The fraction of sp³-hybridized carbons (Fsp3) is 0.200. The monoisotopic (exact) mass is 351 g/mol. The number of amides is 1. The minimum Gasteiger partial charge on any atom is -0.548 e. The van der Waals surface area contributed by atoms with Crippen molar-refractivity contribution in [2.45, 2.75) is 12.5 Å². The minimum atomic E-state index is -1.32. The highest BCUT2D eigenvalue weighted by atomic mass is 16.5. The number of aryl methyl sites for hydroxylation is 1. The summed E-state index contributed by atoms with van der Waals surface area (Å²) in [5, 5.41) is 14.9. The summed E-state index contributed by atoms with van der Waals surface area (Å²) < 4.78 is 6.92. The summed E-state index contributed by atoms with van der Waals surface area (Å²) in [6.45, 7) is 0. The average Bonchev–Trinajstić information content (AvgIpc) is 2.98. The number of aliphatic carboxylic acids is 1. The van der Waals surface area contributed by atoms with E-state index in [1.807, 2.05) is 48.5 Å². The van der Waals surface area contributed by atoms with Crippen molar-refractivity contribution < 1.29 is 19.4 Å². The molecule has 0 radical (unpaired) electrons. The molecule has 0 unspecified atom stereocenters. The largest absolute Gasteiger partial charge is 0.548 e. The Bertz CT molecular complexity index is 947. The first kappa shape index (κ1) is 17.5. The van der Waals surface area contributed by atoms with Crippen molar-refractivity contribution in [3.05, 3.63) is 65.9 Å². The molecular weight excluding hydrogens is 332 g/mol. The molecule has 3 aromatic rings. The van der Waals surface area contributed by atoms with E-state index >= 15 is 0 Å². The third-order valence-electron chi connectivity index (χ3n) is 4.35. The van der Waals surface area contributed by atoms with Gasteiger partial charge < -0.3 is 24.5 Å². The van der Waals surface area contributed by atoms with Gasteiger partial charge in [-0.1, -0.05) is 30.3 Å². The maximum atomic E-state index is 12.6. The predicted molar refractivity (Wildman–Crippen MR) is 95.9 cm³/mol. The maximum Gasteiger partial charge on any atom is 0.268 e. The summed E-state index contributed by atoms with van der Waals surface area (Å²) in [7, 11) is 3.33. The molecule has 0 saturated heterocycles. The van der Waals surface area contributed by atoms with Crippen molar-refractivity contribution in [2.75, 3.05) is 7.11 Å². The van der Waals surface area contributed by atoms with Crippen LogP contribution in [0.1, 0.15) is 16.1 Å². The van der Waals surface area contributed by atoms with Crippen LogP contribution in [-0.4, -0.2) is 29.6 Å². The van der Waals surface area contributed by atoms with Crippen LogP contribution in [0.4, 0.5) is 0 Å². The molecule has 0 aliphatic heterocycles. The molecule has 26 heavy (non-hydrogen) atoms. The van der Waals surface area contributed by atoms with Crippen LogP contribution in [0.2, 0.25) is 0 Å². The zero-order valence-corrected chi connectivity index (χ0v) is 14.6. The Hall–Kier alpha value is -3.28. The van der Waals surface area contributed by atoms with Gasteiger partial charge in [0.2, 0.25) is 0 Å². The van der Waals surface area contributed by atoms with Crippen LogP contribution in [0.3, 0.4) is 0 Å². The summed E-state index contributed by atoms with van der Waals surface area (Å²) in [6, 6.07) is 15.2. The van der Waals surface area contributed by atoms with Crippen LogP contribution in [0.15, 0.2) is 54.6 Å². The smallest absolute Gasteiger partial charge is 0.268 e. The van der Waals surface area contributed by atoms with Gasteiger partial charge in [0.15, 0.2) is 0 Å². The third kappa shape index (κ3) is 3.54. The molecule has 0 fully saturated rings. The topological polar surface area (TPSA) is 83.4 Å². The van der Waals surface area contributed by atoms with E-state index in [4.69, 9.17) is 4.74 Å². The molecule has 1 N–H and O–H groups in total. The number of aromatic nitrogens is 1. The van der Waals surface area contributed by atoms with Gasteiger partial charge in [-0.05, 0) is 36.2 Å². The number of nitrogens with zero attached hydrogens (tertiary/aromatic N) is 1. The van der Waals surface area contributed by atoms with E-state index in [1.54, 1.807) is 24.8 Å². The first-order valence-electron chi connectivity index (χ1n) is 8.18. The normalized spacial score (nSPS) is 11.9. The zero-order chi connectivity index (χ0) is 18.7. The molecule has 0 spiro atoms. The lowest BCUT2D eigenvalue weighted by molar-refractivity contribution is -0.308. The molecule has 0 saturated carbocycles. The fourth-order valence-electron chi connectivity index (χ4n) is 2.95. The first-order valence-corrected chi connectivity index (χ1v) is 8.18. The van der Waals surface area contributed by atoms with Crippen LogP contribution in [0.5, 0.6) is 5.75 Å². The molecule has 6 heteroatoms. The van der Waals surface area contributed by atoms with Gasteiger partial charge in [-0.2, -0.15) is 0 Å². The Morgan fingerprint density at radius 3 is 2.54 bits per heavy atom. The van der Waals surface area contributed by atoms with Gasteiger partial charge >= 0.3 is 0 Å². The van der Waals surface area contributed by atoms with Gasteiger partial charge in [-0.15, -0.1) is 0 Å². The fourth-order valence-corrected chi connectivity index (χ4v) is 2.95. The number of hydrogen-bond donors (Lipinski definition) is 1. The van der Waals surface area contributed by atoms with Gasteiger partial charge in [0, 0.05) is 18.0 Å². The molecule has 2 aromatic carbocycles. The number of nitrogens with one attached hydrogen (secondary N) is 1. The maximum absolute atomic E-state index is 12.6. The van der Waals surface area contributed by atoms with Crippen molar-refractivity contribution >= 4 is 22.8 Å². The van der Waals surface area contributed by atoms with Crippen LogP contribution in [0, 0.1) is 0 Å². The number of methoxy groups -OCH3 is 1. The highest BCUT2D eigenvalue weighted by Gasteiger charge is 2.19. The number of hydrogen-bond acceptors (Lipinski definition) is 4. The lowest BCUT2D eigenvalue weighted by Crippen LogP contribution is -2.49. The van der Waals surface area contributed by atoms with E-state index < -0.39 is 17.9 Å². The van der Waals surface area contributed by atoms with Crippen LogP contribution in [0.25, 0.3) is 10.9 Å². The summed E-state index contributed by atoms with van der Waals surface area (Å²) in [6.07, 6.45) is 0.159. The number of fused-ring (bicyclic) bond motifs is 1. The van der Waals surface area contributed by atoms with Crippen molar-refractivity contribution in [3.63, 3.8) is 0 Å². The summed E-state index contributed by atoms with van der Waals surface area (Å²) >= 11 is 0. The zero-order valence-electron chi connectivity index (χ0n) is 14.6. The van der Waals surface area contributed by atoms with Crippen LogP contribution >= 0.6 is 0 Å². The molecule has 6 nitrogen and oxygen atoms in total. The molecule has 1 atom stereocenters. The molecule has 1 aromatic heterocycles. The van der Waals surface area contributed by atoms with Gasteiger partial charge in [0.05, 0.1) is 19.1 Å². The molecule has 0 aliphatic rings. The highest BCUT2D eigenvalue weighted by Crippen LogP contribution is 2.23. The number of carboxylic acids is 1. The van der Waals surface area contributed by atoms with Gasteiger partial charge in [-0.3, -0.25) is 4.79 Å². The van der Waals surface area contributed by atoms with E-state index in [-0.39, 0.29) is 6.42 Å². The molecule has 134 valence electrons. The third-order valence-corrected chi connectivity index (χ3v) is 4.35. The molecule has 3 rings (SSSR count). The second-order valence-corrected chi connectivity index (χ2v) is 6.05. The van der Waals surface area contributed by atoms with E-state index in [2.05, 4.69) is 5.32 Å². The molecule has 0 bridgehead atoms. The molecule has 0 aliphatic carbocycles. The van der Waals surface area contributed by atoms with Gasteiger partial charge in [-0.25, -0.2) is 0 Å². The number of carbonyl (C=O) groups excluding carboxylic acids is 2.